The monoisotopic (exact) mass is 316 g/mol. The summed E-state index contributed by atoms with van der Waals surface area (Å²) in [4.78, 5) is 11.6. The third kappa shape index (κ3) is 3.72. The molecule has 3 nitrogen and oxygen atoms in total. The van der Waals surface area contributed by atoms with Crippen LogP contribution in [0.3, 0.4) is 0 Å². The van der Waals surface area contributed by atoms with E-state index < -0.39 is 35.1 Å². The minimum absolute atomic E-state index is 0.0437. The van der Waals surface area contributed by atoms with Crippen molar-refractivity contribution in [1.82, 2.24) is 0 Å². The lowest BCUT2D eigenvalue weighted by Crippen LogP contribution is -2.21. The predicted molar refractivity (Wildman–Crippen MR) is 70.4 cm³/mol. The lowest BCUT2D eigenvalue weighted by molar-refractivity contribution is -0.137. The molecule has 0 radical (unpaired) electrons. The van der Waals surface area contributed by atoms with Crippen molar-refractivity contribution in [2.24, 2.45) is 0 Å². The van der Waals surface area contributed by atoms with Gasteiger partial charge in [-0.3, -0.25) is 0 Å². The number of carbonyl (C=O) groups excluding carboxylic acids is 1. The Morgan fingerprint density at radius 1 is 0.864 bits per heavy atom. The molecule has 8 heteroatoms. The molecule has 0 atom stereocenters. The zero-order valence-electron chi connectivity index (χ0n) is 10.8. The lowest BCUT2D eigenvalue weighted by Gasteiger charge is -2.10. The maximum Gasteiger partial charge on any atom is 0.416 e. The number of hydrogen-bond donors (Lipinski definition) is 2. The molecule has 0 aromatic heterocycles. The molecule has 2 rings (SSSR count). The molecule has 0 spiro atoms. The number of benzene rings is 2. The number of nitrogens with one attached hydrogen (secondary N) is 2. The van der Waals surface area contributed by atoms with Crippen molar-refractivity contribution in [3.8, 4) is 0 Å². The van der Waals surface area contributed by atoms with Crippen LogP contribution in [0, 0.1) is 11.6 Å². The van der Waals surface area contributed by atoms with Crippen LogP contribution in [0.15, 0.2) is 42.5 Å². The fraction of sp³-hybridized carbons (Fsp3) is 0.0714. The van der Waals surface area contributed by atoms with E-state index in [0.717, 1.165) is 42.5 Å². The third-order valence-electron chi connectivity index (χ3n) is 2.67. The summed E-state index contributed by atoms with van der Waals surface area (Å²) in [5.41, 5.74) is -1.48. The number of alkyl halides is 3. The molecule has 0 saturated heterocycles. The van der Waals surface area contributed by atoms with Crippen LogP contribution in [0.25, 0.3) is 0 Å². The second-order valence-electron chi connectivity index (χ2n) is 4.25. The van der Waals surface area contributed by atoms with Crippen molar-refractivity contribution in [3.63, 3.8) is 0 Å². The van der Waals surface area contributed by atoms with Crippen LogP contribution in [0.1, 0.15) is 5.56 Å². The summed E-state index contributed by atoms with van der Waals surface area (Å²) in [6.07, 6.45) is -4.49. The fourth-order valence-electron chi connectivity index (χ4n) is 1.64. The Hall–Kier alpha value is -2.64. The number of amides is 2. The van der Waals surface area contributed by atoms with Gasteiger partial charge in [-0.2, -0.15) is 13.2 Å². The van der Waals surface area contributed by atoms with Gasteiger partial charge in [0.05, 0.1) is 5.56 Å². The molecule has 0 aliphatic rings. The molecule has 0 heterocycles. The maximum absolute atomic E-state index is 13.3. The standard InChI is InChI=1S/C14H9F5N2O/c15-10-2-1-3-11(16)12(10)21-13(22)20-9-6-4-8(5-7-9)14(17,18)19/h1-7H,(H2,20,21,22). The van der Waals surface area contributed by atoms with Crippen LogP contribution in [0.5, 0.6) is 0 Å². The van der Waals surface area contributed by atoms with E-state index in [1.54, 1.807) is 0 Å². The Balaban J connectivity index is 2.06. The normalized spacial score (nSPS) is 11.1. The van der Waals surface area contributed by atoms with Crippen molar-refractivity contribution in [1.29, 1.82) is 0 Å². The Labute approximate surface area is 121 Å². The fourth-order valence-corrected chi connectivity index (χ4v) is 1.64. The maximum atomic E-state index is 13.3. The number of urea groups is 1. The molecular weight excluding hydrogens is 307 g/mol. The van der Waals surface area contributed by atoms with Gasteiger partial charge in [-0.1, -0.05) is 6.07 Å². The second-order valence-corrected chi connectivity index (χ2v) is 4.25. The molecular formula is C14H9F5N2O. The van der Waals surface area contributed by atoms with E-state index in [2.05, 4.69) is 5.32 Å². The van der Waals surface area contributed by atoms with Crippen molar-refractivity contribution in [2.45, 2.75) is 6.18 Å². The topological polar surface area (TPSA) is 41.1 Å². The Morgan fingerprint density at radius 2 is 1.41 bits per heavy atom. The van der Waals surface area contributed by atoms with Gasteiger partial charge < -0.3 is 10.6 Å². The highest BCUT2D eigenvalue weighted by Crippen LogP contribution is 2.29. The first-order valence-electron chi connectivity index (χ1n) is 5.96. The van der Waals surface area contributed by atoms with Gasteiger partial charge in [0.15, 0.2) is 0 Å². The van der Waals surface area contributed by atoms with Gasteiger partial charge >= 0.3 is 12.2 Å². The summed E-state index contributed by atoms with van der Waals surface area (Å²) >= 11 is 0. The Bertz CT molecular complexity index is 662. The Morgan fingerprint density at radius 3 is 1.91 bits per heavy atom. The van der Waals surface area contributed by atoms with Crippen LogP contribution in [-0.2, 0) is 6.18 Å². The molecule has 0 aliphatic heterocycles. The predicted octanol–water partition coefficient (Wildman–Crippen LogP) is 4.63. The van der Waals surface area contributed by atoms with Crippen molar-refractivity contribution in [2.75, 3.05) is 10.6 Å². The molecule has 2 aromatic rings. The van der Waals surface area contributed by atoms with E-state index in [1.165, 1.54) is 0 Å². The average molecular weight is 316 g/mol. The van der Waals surface area contributed by atoms with E-state index in [9.17, 15) is 26.7 Å². The SMILES string of the molecule is O=C(Nc1ccc(C(F)(F)F)cc1)Nc1c(F)cccc1F. The van der Waals surface area contributed by atoms with Crippen LogP contribution in [0.4, 0.5) is 38.1 Å². The molecule has 116 valence electrons. The summed E-state index contributed by atoms with van der Waals surface area (Å²) in [5, 5.41) is 4.12. The number of hydrogen-bond acceptors (Lipinski definition) is 1. The van der Waals surface area contributed by atoms with E-state index in [0.29, 0.717) is 0 Å². The molecule has 0 unspecified atom stereocenters. The van der Waals surface area contributed by atoms with Gasteiger partial charge in [0.1, 0.15) is 17.3 Å². The zero-order chi connectivity index (χ0) is 16.3. The highest BCUT2D eigenvalue weighted by atomic mass is 19.4. The minimum Gasteiger partial charge on any atom is -0.308 e. The minimum atomic E-state index is -4.49. The van der Waals surface area contributed by atoms with E-state index in [4.69, 9.17) is 0 Å². The zero-order valence-corrected chi connectivity index (χ0v) is 10.8. The number of carbonyl (C=O) groups is 1. The van der Waals surface area contributed by atoms with Crippen molar-refractivity contribution in [3.05, 3.63) is 59.7 Å². The average Bonchev–Trinajstić information content (AvgIpc) is 2.43. The van der Waals surface area contributed by atoms with Gasteiger partial charge in [-0.15, -0.1) is 0 Å². The second kappa shape index (κ2) is 6.00. The molecule has 2 N–H and O–H groups in total. The number of rotatable bonds is 2. The quantitative estimate of drug-likeness (QED) is 0.779. The van der Waals surface area contributed by atoms with Gasteiger partial charge in [-0.05, 0) is 36.4 Å². The van der Waals surface area contributed by atoms with Gasteiger partial charge in [-0.25, -0.2) is 13.6 Å². The van der Waals surface area contributed by atoms with Crippen LogP contribution >= 0.6 is 0 Å². The summed E-state index contributed by atoms with van der Waals surface area (Å²) in [7, 11) is 0. The van der Waals surface area contributed by atoms with E-state index >= 15 is 0 Å². The van der Waals surface area contributed by atoms with Gasteiger partial charge in [0.2, 0.25) is 0 Å². The van der Waals surface area contributed by atoms with E-state index in [-0.39, 0.29) is 5.69 Å². The number of anilines is 2. The van der Waals surface area contributed by atoms with Crippen LogP contribution < -0.4 is 10.6 Å². The molecule has 0 saturated carbocycles. The first kappa shape index (κ1) is 15.7. The molecule has 2 amide bonds. The summed E-state index contributed by atoms with van der Waals surface area (Å²) in [6.45, 7) is 0. The van der Waals surface area contributed by atoms with Crippen LogP contribution in [-0.4, -0.2) is 6.03 Å². The summed E-state index contributed by atoms with van der Waals surface area (Å²) < 4.78 is 63.8. The Kier molecular flexibility index (Phi) is 4.30. The van der Waals surface area contributed by atoms with Crippen molar-refractivity contribution < 1.29 is 26.7 Å². The summed E-state index contributed by atoms with van der Waals surface area (Å²) in [6, 6.07) is 5.67. The molecule has 0 aliphatic carbocycles. The highest BCUT2D eigenvalue weighted by Gasteiger charge is 2.30. The van der Waals surface area contributed by atoms with Gasteiger partial charge in [0, 0.05) is 5.69 Å². The van der Waals surface area contributed by atoms with Crippen molar-refractivity contribution >= 4 is 17.4 Å². The first-order valence-corrected chi connectivity index (χ1v) is 5.96. The highest BCUT2D eigenvalue weighted by molar-refractivity contribution is 5.99. The smallest absolute Gasteiger partial charge is 0.308 e. The largest absolute Gasteiger partial charge is 0.416 e. The number of para-hydroxylation sites is 1. The summed E-state index contributed by atoms with van der Waals surface area (Å²) in [5.74, 6) is -1.94. The van der Waals surface area contributed by atoms with Crippen LogP contribution in [0.2, 0.25) is 0 Å². The lowest BCUT2D eigenvalue weighted by atomic mass is 10.2. The molecule has 0 fully saturated rings. The van der Waals surface area contributed by atoms with E-state index in [1.807, 2.05) is 5.32 Å². The third-order valence-corrected chi connectivity index (χ3v) is 2.67. The first-order chi connectivity index (χ1) is 10.3. The molecule has 22 heavy (non-hydrogen) atoms. The number of halogens is 5. The molecule has 2 aromatic carbocycles. The van der Waals surface area contributed by atoms with Gasteiger partial charge in [0.25, 0.3) is 0 Å². The molecule has 0 bridgehead atoms.